The van der Waals surface area contributed by atoms with Crippen LogP contribution in [0, 0.1) is 6.92 Å². The van der Waals surface area contributed by atoms with Gasteiger partial charge in [0.1, 0.15) is 25.3 Å². The number of aliphatic hydroxyl groups is 1. The van der Waals surface area contributed by atoms with Gasteiger partial charge in [-0.25, -0.2) is 9.78 Å². The van der Waals surface area contributed by atoms with Crippen molar-refractivity contribution < 1.29 is 38.5 Å². The molecular formula is C47H53N5O8S2. The summed E-state index contributed by atoms with van der Waals surface area (Å²) in [5.41, 5.74) is 12.5. The number of β-amino-alcohol motifs (C(OH)–C–C–N with tert-alkyl or cyclic N) is 1. The Morgan fingerprint density at radius 1 is 0.855 bits per heavy atom. The molecule has 1 aliphatic rings. The molecule has 15 heteroatoms. The Hall–Kier alpha value is -5.58. The predicted octanol–water partition coefficient (Wildman–Crippen LogP) is 5.81. The van der Waals surface area contributed by atoms with E-state index in [2.05, 4.69) is 56.8 Å². The first kappa shape index (κ1) is 45.9. The number of primary amides is 1. The maximum absolute atomic E-state index is 15.2. The van der Waals surface area contributed by atoms with Crippen LogP contribution < -0.4 is 16.4 Å². The van der Waals surface area contributed by atoms with Crippen molar-refractivity contribution in [1.29, 1.82) is 0 Å². The highest BCUT2D eigenvalue weighted by Gasteiger charge is 2.50. The lowest BCUT2D eigenvalue weighted by Gasteiger charge is -2.45. The zero-order valence-electron chi connectivity index (χ0n) is 35.0. The molecule has 0 unspecified atom stereocenters. The second-order valence-corrected chi connectivity index (χ2v) is 18.1. The maximum Gasteiger partial charge on any atom is 0.404 e. The second-order valence-electron chi connectivity index (χ2n) is 15.4. The molecule has 3 atom stereocenters. The van der Waals surface area contributed by atoms with Gasteiger partial charge in [0.25, 0.3) is 0 Å². The van der Waals surface area contributed by atoms with Crippen molar-refractivity contribution in [2.75, 3.05) is 39.6 Å². The normalized spacial score (nSPS) is 15.8. The lowest BCUT2D eigenvalue weighted by atomic mass is 9.84. The minimum Gasteiger partial charge on any atom is -0.447 e. The number of likely N-dealkylation sites (tertiary alicyclic amines) is 1. The molecule has 6 rings (SSSR count). The average molecular weight is 880 g/mol. The lowest BCUT2D eigenvalue weighted by Crippen LogP contribution is -2.61. The Kier molecular flexibility index (Phi) is 15.9. The molecule has 4 aromatic carbocycles. The molecule has 1 saturated heterocycles. The Balaban J connectivity index is 1.27. The summed E-state index contributed by atoms with van der Waals surface area (Å²) >= 11 is 3.08. The molecule has 326 valence electrons. The fourth-order valence-electron chi connectivity index (χ4n) is 7.60. The van der Waals surface area contributed by atoms with E-state index in [1.54, 1.807) is 11.3 Å². The van der Waals surface area contributed by atoms with E-state index in [0.717, 1.165) is 38.4 Å². The van der Waals surface area contributed by atoms with Crippen LogP contribution in [0.4, 0.5) is 4.79 Å². The van der Waals surface area contributed by atoms with Gasteiger partial charge in [-0.15, -0.1) is 23.1 Å². The van der Waals surface area contributed by atoms with Crippen LogP contribution >= 0.6 is 23.1 Å². The second kappa shape index (κ2) is 21.5. The zero-order chi connectivity index (χ0) is 44.1. The van der Waals surface area contributed by atoms with E-state index in [1.807, 2.05) is 105 Å². The molecule has 0 bridgehead atoms. The highest BCUT2D eigenvalue weighted by atomic mass is 32.2. The number of aryl methyl sites for hydroxylation is 1. The van der Waals surface area contributed by atoms with E-state index < -0.39 is 51.5 Å². The Morgan fingerprint density at radius 3 is 1.97 bits per heavy atom. The number of amides is 4. The highest BCUT2D eigenvalue weighted by molar-refractivity contribution is 8.02. The Labute approximate surface area is 370 Å². The van der Waals surface area contributed by atoms with Crippen LogP contribution in [0.5, 0.6) is 0 Å². The fourth-order valence-corrected chi connectivity index (χ4v) is 10.2. The van der Waals surface area contributed by atoms with Gasteiger partial charge in [0.2, 0.25) is 17.7 Å². The van der Waals surface area contributed by atoms with Gasteiger partial charge in [0.05, 0.1) is 46.8 Å². The van der Waals surface area contributed by atoms with Crippen molar-refractivity contribution in [2.45, 2.75) is 61.4 Å². The standard InChI is InChI=1S/C47H53N5O8S2/c1-32-41(61-31-50-32)34-21-19-33(20-22-34)28-49-43(55)39-27-38(53)29-52(39)44(56)42(51-40(54)30-59-24-23-58-25-26-60-45(48)57)46(2,3)62-47(35-13-7-4-8-14-35,36-15-9-5-10-16-36)37-17-11-6-12-18-37/h4-22,31,38-39,42,53H,23-30H2,1-3H3,(H2,48,57)(H,49,55)(H,51,54)/t38-,39+,42-/m1/s1. The van der Waals surface area contributed by atoms with Crippen molar-refractivity contribution in [2.24, 2.45) is 5.73 Å². The molecule has 0 aliphatic carbocycles. The van der Waals surface area contributed by atoms with Gasteiger partial charge in [0.15, 0.2) is 0 Å². The number of nitrogens with two attached hydrogens (primary N) is 1. The molecule has 1 aromatic heterocycles. The average Bonchev–Trinajstić information content (AvgIpc) is 3.90. The maximum atomic E-state index is 15.2. The zero-order valence-corrected chi connectivity index (χ0v) is 36.7. The lowest BCUT2D eigenvalue weighted by molar-refractivity contribution is -0.142. The van der Waals surface area contributed by atoms with Crippen molar-refractivity contribution in [3.63, 3.8) is 0 Å². The number of nitrogens with one attached hydrogen (secondary N) is 2. The first-order valence-corrected chi connectivity index (χ1v) is 22.1. The molecule has 0 saturated carbocycles. The fraction of sp³-hybridized carbons (Fsp3) is 0.340. The van der Waals surface area contributed by atoms with Crippen molar-refractivity contribution >= 4 is 46.9 Å². The number of hydrogen-bond acceptors (Lipinski definition) is 11. The molecule has 2 heterocycles. The number of benzene rings is 4. The van der Waals surface area contributed by atoms with Gasteiger partial charge in [-0.2, -0.15) is 0 Å². The van der Waals surface area contributed by atoms with Gasteiger partial charge >= 0.3 is 6.09 Å². The Morgan fingerprint density at radius 2 is 1.42 bits per heavy atom. The van der Waals surface area contributed by atoms with Crippen molar-refractivity contribution in [3.8, 4) is 10.4 Å². The van der Waals surface area contributed by atoms with E-state index in [1.165, 1.54) is 16.7 Å². The van der Waals surface area contributed by atoms with Crippen LogP contribution in [0.25, 0.3) is 10.4 Å². The van der Waals surface area contributed by atoms with Crippen LogP contribution in [0.1, 0.15) is 48.2 Å². The summed E-state index contributed by atoms with van der Waals surface area (Å²) in [5, 5.41) is 17.0. The molecule has 62 heavy (non-hydrogen) atoms. The molecule has 1 aliphatic heterocycles. The first-order valence-electron chi connectivity index (χ1n) is 20.4. The van der Waals surface area contributed by atoms with E-state index >= 15 is 4.79 Å². The number of carbonyl (C=O) groups excluding carboxylic acids is 4. The smallest absolute Gasteiger partial charge is 0.404 e. The van der Waals surface area contributed by atoms with Crippen LogP contribution in [-0.4, -0.2) is 101 Å². The summed E-state index contributed by atoms with van der Waals surface area (Å²) in [4.78, 5) is 60.6. The summed E-state index contributed by atoms with van der Waals surface area (Å²) in [6, 6.07) is 35.7. The predicted molar refractivity (Wildman–Crippen MR) is 240 cm³/mol. The third kappa shape index (κ3) is 11.5. The van der Waals surface area contributed by atoms with E-state index in [4.69, 9.17) is 15.2 Å². The monoisotopic (exact) mass is 879 g/mol. The minimum absolute atomic E-state index is 0.0199. The molecule has 5 aromatic rings. The third-order valence-corrected chi connectivity index (χ3v) is 13.3. The molecule has 0 spiro atoms. The first-order chi connectivity index (χ1) is 29.9. The van der Waals surface area contributed by atoms with E-state index in [-0.39, 0.29) is 52.5 Å². The number of hydrogen-bond donors (Lipinski definition) is 4. The third-order valence-electron chi connectivity index (χ3n) is 10.6. The topological polar surface area (TPSA) is 182 Å². The number of aromatic nitrogens is 1. The number of nitrogens with zero attached hydrogens (tertiary/aromatic N) is 2. The number of carbonyl (C=O) groups is 4. The van der Waals surface area contributed by atoms with Crippen LogP contribution in [-0.2, 0) is 39.9 Å². The summed E-state index contributed by atoms with van der Waals surface area (Å²) in [6.45, 7) is 5.75. The molecule has 4 amide bonds. The largest absolute Gasteiger partial charge is 0.447 e. The SMILES string of the molecule is Cc1ncsc1-c1ccc(CNC(=O)[C@@H]2C[C@@H](O)CN2C(=O)[C@@H](NC(=O)COCCOCCOC(N)=O)C(C)(C)SC(c2ccccc2)(c2ccccc2)c2ccccc2)cc1. The number of thioether (sulfide) groups is 1. The van der Waals surface area contributed by atoms with Gasteiger partial charge in [-0.1, -0.05) is 115 Å². The number of rotatable bonds is 20. The van der Waals surface area contributed by atoms with Crippen molar-refractivity contribution in [1.82, 2.24) is 20.5 Å². The minimum atomic E-state index is -1.20. The van der Waals surface area contributed by atoms with Gasteiger partial charge in [-0.05, 0) is 48.6 Å². The van der Waals surface area contributed by atoms with E-state index in [9.17, 15) is 19.5 Å². The summed E-state index contributed by atoms with van der Waals surface area (Å²) in [5.74, 6) is -1.49. The van der Waals surface area contributed by atoms with Crippen molar-refractivity contribution in [3.05, 3.63) is 149 Å². The quantitative estimate of drug-likeness (QED) is 0.0550. The van der Waals surface area contributed by atoms with Crippen LogP contribution in [0.2, 0.25) is 0 Å². The molecular weight excluding hydrogens is 827 g/mol. The van der Waals surface area contributed by atoms with Gasteiger partial charge in [-0.3, -0.25) is 14.4 Å². The number of ether oxygens (including phenoxy) is 3. The van der Waals surface area contributed by atoms with Gasteiger partial charge < -0.3 is 40.6 Å². The molecule has 13 nitrogen and oxygen atoms in total. The van der Waals surface area contributed by atoms with E-state index in [0.29, 0.717) is 0 Å². The van der Waals surface area contributed by atoms with Gasteiger partial charge in [0, 0.05) is 24.3 Å². The molecule has 1 fully saturated rings. The number of aliphatic hydroxyl groups excluding tert-OH is 1. The molecule has 0 radical (unpaired) electrons. The van der Waals surface area contributed by atoms with Crippen LogP contribution in [0.3, 0.4) is 0 Å². The van der Waals surface area contributed by atoms with Crippen LogP contribution in [0.15, 0.2) is 121 Å². The summed E-state index contributed by atoms with van der Waals surface area (Å²) < 4.78 is 13.7. The highest BCUT2D eigenvalue weighted by Crippen LogP contribution is 2.54. The molecule has 5 N–H and O–H groups in total. The summed E-state index contributed by atoms with van der Waals surface area (Å²) in [6.07, 6.45) is -1.83. The Bertz CT molecular complexity index is 2150. The number of thiazole rings is 1. The summed E-state index contributed by atoms with van der Waals surface area (Å²) in [7, 11) is 0.